The summed E-state index contributed by atoms with van der Waals surface area (Å²) < 4.78 is 1.97. The number of nitrogens with zero attached hydrogens (tertiary/aromatic N) is 3. The molecule has 1 aliphatic carbocycles. The molecule has 2 aromatic rings. The summed E-state index contributed by atoms with van der Waals surface area (Å²) in [6.07, 6.45) is 8.42. The summed E-state index contributed by atoms with van der Waals surface area (Å²) in [5.41, 5.74) is 1.31. The summed E-state index contributed by atoms with van der Waals surface area (Å²) in [6, 6.07) is 0. The highest BCUT2D eigenvalue weighted by Crippen LogP contribution is 2.39. The molecule has 0 unspecified atom stereocenters. The van der Waals surface area contributed by atoms with Gasteiger partial charge in [0.25, 0.3) is 0 Å². The molecule has 1 fully saturated rings. The number of fused-ring (bicyclic) bond motifs is 1. The molecule has 0 atom stereocenters. The maximum atomic E-state index is 10.8. The Bertz CT molecular complexity index is 499. The molecule has 2 heterocycles. The third kappa shape index (κ3) is 0.968. The first-order chi connectivity index (χ1) is 6.90. The van der Waals surface area contributed by atoms with Crippen molar-refractivity contribution in [2.75, 3.05) is 0 Å². The normalized spacial score (nSPS) is 16.0. The molecule has 0 spiro atoms. The summed E-state index contributed by atoms with van der Waals surface area (Å²) in [5.74, 6) is 1.54. The lowest BCUT2D eigenvalue weighted by Crippen LogP contribution is -1.91. The van der Waals surface area contributed by atoms with E-state index in [2.05, 4.69) is 9.97 Å². The van der Waals surface area contributed by atoms with Gasteiger partial charge in [0.1, 0.15) is 11.5 Å². The predicted molar refractivity (Wildman–Crippen MR) is 50.3 cm³/mol. The third-order valence-electron chi connectivity index (χ3n) is 2.56. The Morgan fingerprint density at radius 3 is 3.07 bits per heavy atom. The SMILES string of the molecule is O=Cc1nc(C2CC2)n2ccncc12. The molecule has 4 heteroatoms. The second-order valence-corrected chi connectivity index (χ2v) is 3.58. The first-order valence-electron chi connectivity index (χ1n) is 4.67. The van der Waals surface area contributed by atoms with Gasteiger partial charge in [0.15, 0.2) is 6.29 Å². The summed E-state index contributed by atoms with van der Waals surface area (Å²) in [7, 11) is 0. The number of hydrogen-bond acceptors (Lipinski definition) is 3. The van der Waals surface area contributed by atoms with Crippen molar-refractivity contribution in [2.24, 2.45) is 0 Å². The van der Waals surface area contributed by atoms with E-state index >= 15 is 0 Å². The lowest BCUT2D eigenvalue weighted by atomic mass is 10.4. The van der Waals surface area contributed by atoms with Crippen LogP contribution in [0.15, 0.2) is 18.6 Å². The molecule has 0 amide bonds. The molecular weight excluding hydrogens is 178 g/mol. The Morgan fingerprint density at radius 2 is 2.36 bits per heavy atom. The first-order valence-corrected chi connectivity index (χ1v) is 4.67. The van der Waals surface area contributed by atoms with Crippen LogP contribution in [0.5, 0.6) is 0 Å². The van der Waals surface area contributed by atoms with Gasteiger partial charge in [-0.05, 0) is 12.8 Å². The second-order valence-electron chi connectivity index (χ2n) is 3.58. The highest BCUT2D eigenvalue weighted by molar-refractivity contribution is 5.83. The minimum Gasteiger partial charge on any atom is -0.300 e. The average Bonchev–Trinajstić information content (AvgIpc) is 3.00. The maximum absolute atomic E-state index is 10.8. The molecule has 0 radical (unpaired) electrons. The minimum absolute atomic E-state index is 0.500. The van der Waals surface area contributed by atoms with E-state index in [-0.39, 0.29) is 0 Å². The van der Waals surface area contributed by atoms with Crippen molar-refractivity contribution in [3.05, 3.63) is 30.1 Å². The van der Waals surface area contributed by atoms with Gasteiger partial charge < -0.3 is 0 Å². The number of imidazole rings is 1. The van der Waals surface area contributed by atoms with Crippen LogP contribution in [0.25, 0.3) is 5.52 Å². The molecule has 3 rings (SSSR count). The van der Waals surface area contributed by atoms with E-state index in [4.69, 9.17) is 0 Å². The Kier molecular flexibility index (Phi) is 1.45. The van der Waals surface area contributed by atoms with E-state index in [0.717, 1.165) is 17.6 Å². The Balaban J connectivity index is 2.33. The topological polar surface area (TPSA) is 47.3 Å². The average molecular weight is 187 g/mol. The van der Waals surface area contributed by atoms with Gasteiger partial charge in [0.05, 0.1) is 11.7 Å². The highest BCUT2D eigenvalue weighted by atomic mass is 16.1. The van der Waals surface area contributed by atoms with E-state index < -0.39 is 0 Å². The molecule has 1 aliphatic rings. The maximum Gasteiger partial charge on any atom is 0.170 e. The van der Waals surface area contributed by atoms with Crippen LogP contribution in [0.1, 0.15) is 35.1 Å². The van der Waals surface area contributed by atoms with E-state index in [1.165, 1.54) is 12.8 Å². The zero-order valence-corrected chi connectivity index (χ0v) is 7.55. The van der Waals surface area contributed by atoms with Crippen molar-refractivity contribution in [1.82, 2.24) is 14.4 Å². The number of rotatable bonds is 2. The van der Waals surface area contributed by atoms with Crippen molar-refractivity contribution in [3.63, 3.8) is 0 Å². The van der Waals surface area contributed by atoms with Gasteiger partial charge in [-0.25, -0.2) is 4.98 Å². The number of carbonyl (C=O) groups excluding carboxylic acids is 1. The number of hydrogen-bond donors (Lipinski definition) is 0. The zero-order valence-electron chi connectivity index (χ0n) is 7.55. The molecule has 4 nitrogen and oxygen atoms in total. The van der Waals surface area contributed by atoms with Crippen LogP contribution in [-0.4, -0.2) is 20.7 Å². The Morgan fingerprint density at radius 1 is 1.50 bits per heavy atom. The molecule has 1 saturated carbocycles. The number of aromatic nitrogens is 3. The van der Waals surface area contributed by atoms with Gasteiger partial charge in [-0.1, -0.05) is 0 Å². The van der Waals surface area contributed by atoms with Gasteiger partial charge in [-0.15, -0.1) is 0 Å². The van der Waals surface area contributed by atoms with Crippen LogP contribution in [0.3, 0.4) is 0 Å². The highest BCUT2D eigenvalue weighted by Gasteiger charge is 2.28. The fourth-order valence-electron chi connectivity index (χ4n) is 1.70. The molecule has 0 saturated heterocycles. The Labute approximate surface area is 80.6 Å². The smallest absolute Gasteiger partial charge is 0.170 e. The fraction of sp³-hybridized carbons (Fsp3) is 0.300. The molecular formula is C10H9N3O. The van der Waals surface area contributed by atoms with Crippen LogP contribution in [-0.2, 0) is 0 Å². The van der Waals surface area contributed by atoms with Crippen LogP contribution < -0.4 is 0 Å². The van der Waals surface area contributed by atoms with Crippen molar-refractivity contribution in [2.45, 2.75) is 18.8 Å². The lowest BCUT2D eigenvalue weighted by molar-refractivity contribution is 0.112. The van der Waals surface area contributed by atoms with Gasteiger partial charge in [-0.3, -0.25) is 14.2 Å². The standard InChI is InChI=1S/C10H9N3O/c14-6-8-9-5-11-3-4-13(9)10(12-8)7-1-2-7/h3-7H,1-2H2. The van der Waals surface area contributed by atoms with Gasteiger partial charge in [0, 0.05) is 18.3 Å². The van der Waals surface area contributed by atoms with Crippen molar-refractivity contribution in [1.29, 1.82) is 0 Å². The summed E-state index contributed by atoms with van der Waals surface area (Å²) in [6.45, 7) is 0. The lowest BCUT2D eigenvalue weighted by Gasteiger charge is -1.95. The van der Waals surface area contributed by atoms with Crippen LogP contribution in [0, 0.1) is 0 Å². The predicted octanol–water partition coefficient (Wildman–Crippen LogP) is 1.42. The van der Waals surface area contributed by atoms with Crippen LogP contribution >= 0.6 is 0 Å². The molecule has 0 N–H and O–H groups in total. The number of aldehydes is 1. The second kappa shape index (κ2) is 2.64. The first kappa shape index (κ1) is 7.67. The van der Waals surface area contributed by atoms with Crippen molar-refractivity contribution >= 4 is 11.8 Å². The minimum atomic E-state index is 0.500. The van der Waals surface area contributed by atoms with Gasteiger partial charge in [-0.2, -0.15) is 0 Å². The molecule has 0 aromatic carbocycles. The van der Waals surface area contributed by atoms with Gasteiger partial charge >= 0.3 is 0 Å². The van der Waals surface area contributed by atoms with E-state index in [1.54, 1.807) is 12.4 Å². The molecule has 70 valence electrons. The molecule has 0 aliphatic heterocycles. The summed E-state index contributed by atoms with van der Waals surface area (Å²) in [4.78, 5) is 19.1. The number of carbonyl (C=O) groups is 1. The largest absolute Gasteiger partial charge is 0.300 e. The van der Waals surface area contributed by atoms with Crippen molar-refractivity contribution < 1.29 is 4.79 Å². The quantitative estimate of drug-likeness (QED) is 0.668. The van der Waals surface area contributed by atoms with Gasteiger partial charge in [0.2, 0.25) is 0 Å². The van der Waals surface area contributed by atoms with E-state index in [9.17, 15) is 4.79 Å². The molecule has 2 aromatic heterocycles. The van der Waals surface area contributed by atoms with Crippen molar-refractivity contribution in [3.8, 4) is 0 Å². The summed E-state index contributed by atoms with van der Waals surface area (Å²) in [5, 5.41) is 0. The monoisotopic (exact) mass is 187 g/mol. The summed E-state index contributed by atoms with van der Waals surface area (Å²) >= 11 is 0. The van der Waals surface area contributed by atoms with Crippen LogP contribution in [0.2, 0.25) is 0 Å². The molecule has 0 bridgehead atoms. The zero-order chi connectivity index (χ0) is 9.54. The molecule has 14 heavy (non-hydrogen) atoms. The van der Waals surface area contributed by atoms with Crippen LogP contribution in [0.4, 0.5) is 0 Å². The Hall–Kier alpha value is -1.71. The van der Waals surface area contributed by atoms with E-state index in [0.29, 0.717) is 11.6 Å². The van der Waals surface area contributed by atoms with E-state index in [1.807, 2.05) is 10.6 Å². The fourth-order valence-corrected chi connectivity index (χ4v) is 1.70. The third-order valence-corrected chi connectivity index (χ3v) is 2.56.